The highest BCUT2D eigenvalue weighted by atomic mass is 32.2. The van der Waals surface area contributed by atoms with Gasteiger partial charge >= 0.3 is 0 Å². The van der Waals surface area contributed by atoms with Crippen LogP contribution in [0.5, 0.6) is 17.2 Å². The lowest BCUT2D eigenvalue weighted by Gasteiger charge is -2.38. The fourth-order valence-corrected chi connectivity index (χ4v) is 5.84. The van der Waals surface area contributed by atoms with Crippen molar-refractivity contribution in [3.05, 3.63) is 47.0 Å². The summed E-state index contributed by atoms with van der Waals surface area (Å²) in [6, 6.07) is 8.74. The van der Waals surface area contributed by atoms with Crippen LogP contribution in [0.1, 0.15) is 55.8 Å². The zero-order valence-electron chi connectivity index (χ0n) is 17.9. The number of hydrogen-bond donors (Lipinski definition) is 1. The molecule has 1 N–H and O–H groups in total. The minimum absolute atomic E-state index is 0.199. The van der Waals surface area contributed by atoms with Crippen LogP contribution in [0.3, 0.4) is 0 Å². The molecule has 162 valence electrons. The maximum atomic E-state index is 13.5. The van der Waals surface area contributed by atoms with E-state index in [1.165, 1.54) is 12.7 Å². The standard InChI is InChI=1S/C23H29NO5S/c1-23(2)14-19(18-10-9-17(27-3)13-20(18)29-23)24-30(25,26)22-12-16-8-6-5-7-15(16)11-21(22)28-4/h9-13,19,24H,5-8,14H2,1-4H3/t19-/m0/s1. The topological polar surface area (TPSA) is 73.9 Å². The second-order valence-corrected chi connectivity index (χ2v) is 10.3. The van der Waals surface area contributed by atoms with Crippen molar-refractivity contribution in [3.63, 3.8) is 0 Å². The Morgan fingerprint density at radius 3 is 2.40 bits per heavy atom. The molecule has 0 amide bonds. The second kappa shape index (κ2) is 7.78. The van der Waals surface area contributed by atoms with Crippen LogP contribution in [-0.2, 0) is 22.9 Å². The summed E-state index contributed by atoms with van der Waals surface area (Å²) < 4.78 is 46.7. The third-order valence-electron chi connectivity index (χ3n) is 5.89. The van der Waals surface area contributed by atoms with Gasteiger partial charge in [0.1, 0.15) is 27.7 Å². The molecule has 4 rings (SSSR count). The first-order chi connectivity index (χ1) is 14.2. The summed E-state index contributed by atoms with van der Waals surface area (Å²) in [5.74, 6) is 1.70. The first kappa shape index (κ1) is 21.0. The van der Waals surface area contributed by atoms with Gasteiger partial charge in [-0.1, -0.05) is 6.07 Å². The lowest BCUT2D eigenvalue weighted by Crippen LogP contribution is -2.41. The normalized spacial score (nSPS) is 19.9. The first-order valence-corrected chi connectivity index (χ1v) is 11.8. The van der Waals surface area contributed by atoms with Gasteiger partial charge in [-0.3, -0.25) is 0 Å². The smallest absolute Gasteiger partial charge is 0.244 e. The molecule has 7 heteroatoms. The molecule has 0 fully saturated rings. The Labute approximate surface area is 178 Å². The Morgan fingerprint density at radius 1 is 1.03 bits per heavy atom. The second-order valence-electron chi connectivity index (χ2n) is 8.62. The van der Waals surface area contributed by atoms with E-state index in [0.29, 0.717) is 23.7 Å². The zero-order chi connectivity index (χ0) is 21.5. The van der Waals surface area contributed by atoms with E-state index in [4.69, 9.17) is 14.2 Å². The Bertz CT molecular complexity index is 1060. The maximum Gasteiger partial charge on any atom is 0.244 e. The number of sulfonamides is 1. The monoisotopic (exact) mass is 431 g/mol. The van der Waals surface area contributed by atoms with Crippen LogP contribution < -0.4 is 18.9 Å². The molecular weight excluding hydrogens is 402 g/mol. The number of rotatable bonds is 5. The number of ether oxygens (including phenoxy) is 3. The van der Waals surface area contributed by atoms with Crippen LogP contribution in [0.15, 0.2) is 35.2 Å². The van der Waals surface area contributed by atoms with Crippen molar-refractivity contribution in [2.45, 2.75) is 62.5 Å². The summed E-state index contributed by atoms with van der Waals surface area (Å²) in [4.78, 5) is 0.199. The van der Waals surface area contributed by atoms with Crippen LogP contribution in [0.4, 0.5) is 0 Å². The van der Waals surface area contributed by atoms with Crippen molar-refractivity contribution in [1.29, 1.82) is 0 Å². The largest absolute Gasteiger partial charge is 0.497 e. The van der Waals surface area contributed by atoms with Crippen molar-refractivity contribution in [2.75, 3.05) is 14.2 Å². The third-order valence-corrected chi connectivity index (χ3v) is 7.39. The summed E-state index contributed by atoms with van der Waals surface area (Å²) in [7, 11) is -0.694. The molecule has 0 radical (unpaired) electrons. The number of aryl methyl sites for hydroxylation is 2. The van der Waals surface area contributed by atoms with E-state index in [-0.39, 0.29) is 4.90 Å². The average Bonchev–Trinajstić information content (AvgIpc) is 2.71. The molecule has 2 aromatic rings. The van der Waals surface area contributed by atoms with Crippen molar-refractivity contribution < 1.29 is 22.6 Å². The van der Waals surface area contributed by atoms with Gasteiger partial charge in [-0.05, 0) is 68.9 Å². The van der Waals surface area contributed by atoms with Gasteiger partial charge in [0.15, 0.2) is 0 Å². The minimum Gasteiger partial charge on any atom is -0.497 e. The van der Waals surface area contributed by atoms with Crippen molar-refractivity contribution in [2.24, 2.45) is 0 Å². The number of nitrogens with one attached hydrogen (secondary N) is 1. The molecule has 0 aromatic heterocycles. The number of fused-ring (bicyclic) bond motifs is 2. The van der Waals surface area contributed by atoms with Crippen molar-refractivity contribution in [1.82, 2.24) is 4.72 Å². The molecule has 30 heavy (non-hydrogen) atoms. The van der Waals surface area contributed by atoms with E-state index >= 15 is 0 Å². The van der Waals surface area contributed by atoms with Gasteiger partial charge in [0.05, 0.1) is 20.3 Å². The van der Waals surface area contributed by atoms with E-state index in [9.17, 15) is 8.42 Å². The molecular formula is C23H29NO5S. The van der Waals surface area contributed by atoms with E-state index in [1.807, 2.05) is 32.0 Å². The van der Waals surface area contributed by atoms with E-state index < -0.39 is 21.7 Å². The van der Waals surface area contributed by atoms with Gasteiger partial charge in [-0.25, -0.2) is 13.1 Å². The quantitative estimate of drug-likeness (QED) is 0.769. The molecule has 6 nitrogen and oxygen atoms in total. The highest BCUT2D eigenvalue weighted by Gasteiger charge is 2.37. The van der Waals surface area contributed by atoms with Crippen LogP contribution in [0, 0.1) is 0 Å². The number of benzene rings is 2. The Morgan fingerprint density at radius 2 is 1.73 bits per heavy atom. The summed E-state index contributed by atoms with van der Waals surface area (Å²) >= 11 is 0. The van der Waals surface area contributed by atoms with E-state index in [0.717, 1.165) is 36.8 Å². The van der Waals surface area contributed by atoms with Gasteiger partial charge in [0.25, 0.3) is 0 Å². The number of hydrogen-bond acceptors (Lipinski definition) is 5. The molecule has 0 spiro atoms. The van der Waals surface area contributed by atoms with Crippen molar-refractivity contribution in [3.8, 4) is 17.2 Å². The molecule has 1 atom stereocenters. The Balaban J connectivity index is 1.72. The molecule has 2 aromatic carbocycles. The molecule has 0 saturated carbocycles. The predicted molar refractivity (Wildman–Crippen MR) is 115 cm³/mol. The maximum absolute atomic E-state index is 13.5. The lowest BCUT2D eigenvalue weighted by molar-refractivity contribution is 0.0698. The van der Waals surface area contributed by atoms with Gasteiger partial charge in [-0.2, -0.15) is 0 Å². The first-order valence-electron chi connectivity index (χ1n) is 10.3. The molecule has 1 aliphatic heterocycles. The molecule has 0 bridgehead atoms. The van der Waals surface area contributed by atoms with Crippen LogP contribution in [0.2, 0.25) is 0 Å². The predicted octanol–water partition coefficient (Wildman–Crippen LogP) is 4.16. The Kier molecular flexibility index (Phi) is 5.45. The van der Waals surface area contributed by atoms with Crippen LogP contribution >= 0.6 is 0 Å². The van der Waals surface area contributed by atoms with Gasteiger partial charge in [-0.15, -0.1) is 0 Å². The summed E-state index contributed by atoms with van der Waals surface area (Å²) in [5.41, 5.74) is 2.56. The zero-order valence-corrected chi connectivity index (χ0v) is 18.8. The van der Waals surface area contributed by atoms with Gasteiger partial charge in [0.2, 0.25) is 10.0 Å². The van der Waals surface area contributed by atoms with Crippen LogP contribution in [-0.4, -0.2) is 28.2 Å². The molecule has 1 heterocycles. The highest BCUT2D eigenvalue weighted by Crippen LogP contribution is 2.42. The molecule has 2 aliphatic rings. The van der Waals surface area contributed by atoms with Gasteiger partial charge in [0, 0.05) is 18.1 Å². The average molecular weight is 432 g/mol. The molecule has 0 saturated heterocycles. The Hall–Kier alpha value is -2.25. The van der Waals surface area contributed by atoms with Crippen molar-refractivity contribution >= 4 is 10.0 Å². The van der Waals surface area contributed by atoms with Gasteiger partial charge < -0.3 is 14.2 Å². The molecule has 1 aliphatic carbocycles. The fourth-order valence-electron chi connectivity index (χ4n) is 4.42. The molecule has 0 unspecified atom stereocenters. The summed E-state index contributed by atoms with van der Waals surface area (Å²) in [6.45, 7) is 3.91. The van der Waals surface area contributed by atoms with Crippen LogP contribution in [0.25, 0.3) is 0 Å². The summed E-state index contributed by atoms with van der Waals surface area (Å²) in [6.07, 6.45) is 4.57. The van der Waals surface area contributed by atoms with E-state index in [2.05, 4.69) is 4.72 Å². The lowest BCUT2D eigenvalue weighted by atomic mass is 9.90. The number of methoxy groups -OCH3 is 2. The fraction of sp³-hybridized carbons (Fsp3) is 0.478. The highest BCUT2D eigenvalue weighted by molar-refractivity contribution is 7.89. The SMILES string of the molecule is COc1ccc2c(c1)OC(C)(C)C[C@@H]2NS(=O)(=O)c1cc2c(cc1OC)CCCC2. The minimum atomic E-state index is -3.81. The van der Waals surface area contributed by atoms with E-state index in [1.54, 1.807) is 19.2 Å². The third kappa shape index (κ3) is 4.01. The summed E-state index contributed by atoms with van der Waals surface area (Å²) in [5, 5.41) is 0.